The zero-order chi connectivity index (χ0) is 20.7. The number of carbonyl (C=O) groups is 2. The Bertz CT molecular complexity index is 1160. The maximum absolute atomic E-state index is 13.2. The van der Waals surface area contributed by atoms with E-state index in [1.165, 1.54) is 11.2 Å². The maximum Gasteiger partial charge on any atom is 0.278 e. The summed E-state index contributed by atoms with van der Waals surface area (Å²) in [5.74, 6) is 0.973. The van der Waals surface area contributed by atoms with Crippen molar-refractivity contribution in [2.24, 2.45) is 0 Å². The fourth-order valence-electron chi connectivity index (χ4n) is 3.50. The SMILES string of the molecule is Cc1ccc(C2=C(Nc3ccc4c(c3)OCO4)C(=O)N(Cc3ccco3)C2=O)cc1. The number of hydrogen-bond donors (Lipinski definition) is 1. The van der Waals surface area contributed by atoms with Gasteiger partial charge in [-0.05, 0) is 36.8 Å². The summed E-state index contributed by atoms with van der Waals surface area (Å²) in [5.41, 5.74) is 2.90. The second-order valence-corrected chi connectivity index (χ2v) is 7.08. The third-order valence-electron chi connectivity index (χ3n) is 5.04. The zero-order valence-electron chi connectivity index (χ0n) is 16.2. The summed E-state index contributed by atoms with van der Waals surface area (Å²) in [4.78, 5) is 27.6. The molecule has 0 atom stereocenters. The van der Waals surface area contributed by atoms with Crippen molar-refractivity contribution in [1.29, 1.82) is 0 Å². The molecule has 3 heterocycles. The van der Waals surface area contributed by atoms with Crippen LogP contribution >= 0.6 is 0 Å². The normalized spacial score (nSPS) is 15.3. The first kappa shape index (κ1) is 18.1. The summed E-state index contributed by atoms with van der Waals surface area (Å²) >= 11 is 0. The highest BCUT2D eigenvalue weighted by Crippen LogP contribution is 2.36. The summed E-state index contributed by atoms with van der Waals surface area (Å²) < 4.78 is 16.1. The molecule has 150 valence electrons. The largest absolute Gasteiger partial charge is 0.467 e. The molecule has 2 amide bonds. The van der Waals surface area contributed by atoms with Crippen molar-refractivity contribution >= 4 is 23.1 Å². The highest BCUT2D eigenvalue weighted by atomic mass is 16.7. The summed E-state index contributed by atoms with van der Waals surface area (Å²) in [5, 5.41) is 3.12. The molecule has 2 aliphatic rings. The molecule has 1 aromatic heterocycles. The van der Waals surface area contributed by atoms with E-state index in [2.05, 4.69) is 5.32 Å². The standard InChI is InChI=1S/C23H18N2O5/c1-14-4-6-15(7-5-14)20-21(24-16-8-9-18-19(11-16)30-13-29-18)23(27)25(22(20)26)12-17-3-2-10-28-17/h2-11,24H,12-13H2,1H3. The van der Waals surface area contributed by atoms with E-state index in [1.54, 1.807) is 30.3 Å². The summed E-state index contributed by atoms with van der Waals surface area (Å²) in [7, 11) is 0. The minimum atomic E-state index is -0.412. The molecule has 30 heavy (non-hydrogen) atoms. The molecule has 0 unspecified atom stereocenters. The number of carbonyl (C=O) groups excluding carboxylic acids is 2. The average Bonchev–Trinajstić information content (AvgIpc) is 3.47. The maximum atomic E-state index is 13.2. The smallest absolute Gasteiger partial charge is 0.278 e. The monoisotopic (exact) mass is 402 g/mol. The topological polar surface area (TPSA) is 81.0 Å². The Morgan fingerprint density at radius 3 is 2.53 bits per heavy atom. The summed E-state index contributed by atoms with van der Waals surface area (Å²) in [6.07, 6.45) is 1.51. The van der Waals surface area contributed by atoms with Gasteiger partial charge in [0.1, 0.15) is 11.5 Å². The molecule has 0 spiro atoms. The number of fused-ring (bicyclic) bond motifs is 1. The molecular formula is C23H18N2O5. The number of hydrogen-bond acceptors (Lipinski definition) is 6. The van der Waals surface area contributed by atoms with Crippen molar-refractivity contribution in [2.45, 2.75) is 13.5 Å². The molecule has 0 radical (unpaired) electrons. The first-order chi connectivity index (χ1) is 14.6. The Kier molecular flexibility index (Phi) is 4.28. The van der Waals surface area contributed by atoms with Crippen LogP contribution in [0.5, 0.6) is 11.5 Å². The highest BCUT2D eigenvalue weighted by Gasteiger charge is 2.39. The van der Waals surface area contributed by atoms with Crippen LogP contribution in [0, 0.1) is 6.92 Å². The van der Waals surface area contributed by atoms with Gasteiger partial charge in [0.05, 0.1) is 18.4 Å². The fraction of sp³-hybridized carbons (Fsp3) is 0.130. The van der Waals surface area contributed by atoms with E-state index >= 15 is 0 Å². The van der Waals surface area contributed by atoms with Gasteiger partial charge in [0, 0.05) is 11.8 Å². The van der Waals surface area contributed by atoms with Crippen LogP contribution in [-0.4, -0.2) is 23.5 Å². The molecule has 0 aliphatic carbocycles. The second kappa shape index (κ2) is 7.11. The van der Waals surface area contributed by atoms with Gasteiger partial charge in [-0.1, -0.05) is 29.8 Å². The van der Waals surface area contributed by atoms with E-state index in [4.69, 9.17) is 13.9 Å². The molecule has 7 heteroatoms. The van der Waals surface area contributed by atoms with Crippen molar-refractivity contribution in [3.8, 4) is 11.5 Å². The van der Waals surface area contributed by atoms with Gasteiger partial charge in [-0.25, -0.2) is 0 Å². The highest BCUT2D eigenvalue weighted by molar-refractivity contribution is 6.36. The number of nitrogens with one attached hydrogen (secondary N) is 1. The summed E-state index contributed by atoms with van der Waals surface area (Å²) in [6, 6.07) is 16.2. The molecule has 3 aromatic rings. The first-order valence-electron chi connectivity index (χ1n) is 9.47. The van der Waals surface area contributed by atoms with E-state index in [0.29, 0.717) is 34.1 Å². The molecule has 2 aromatic carbocycles. The Labute approximate surface area is 172 Å². The van der Waals surface area contributed by atoms with E-state index < -0.39 is 5.91 Å². The van der Waals surface area contributed by atoms with Crippen LogP contribution in [0.1, 0.15) is 16.9 Å². The summed E-state index contributed by atoms with van der Waals surface area (Å²) in [6.45, 7) is 2.19. The van der Waals surface area contributed by atoms with E-state index in [0.717, 1.165) is 5.56 Å². The van der Waals surface area contributed by atoms with Crippen LogP contribution in [0.2, 0.25) is 0 Å². The van der Waals surface area contributed by atoms with Crippen LogP contribution < -0.4 is 14.8 Å². The van der Waals surface area contributed by atoms with E-state index in [1.807, 2.05) is 31.2 Å². The molecule has 0 fully saturated rings. The van der Waals surface area contributed by atoms with Crippen molar-refractivity contribution < 1.29 is 23.5 Å². The zero-order valence-corrected chi connectivity index (χ0v) is 16.2. The van der Waals surface area contributed by atoms with Gasteiger partial charge in [-0.3, -0.25) is 14.5 Å². The van der Waals surface area contributed by atoms with Crippen LogP contribution in [0.15, 0.2) is 71.0 Å². The first-order valence-corrected chi connectivity index (χ1v) is 9.47. The van der Waals surface area contributed by atoms with Crippen LogP contribution in [0.3, 0.4) is 0 Å². The Hall–Kier alpha value is -4.00. The molecular weight excluding hydrogens is 384 g/mol. The average molecular weight is 402 g/mol. The quantitative estimate of drug-likeness (QED) is 0.656. The molecule has 2 aliphatic heterocycles. The second-order valence-electron chi connectivity index (χ2n) is 7.08. The number of rotatable bonds is 5. The van der Waals surface area contributed by atoms with Crippen LogP contribution in [-0.2, 0) is 16.1 Å². The third kappa shape index (κ3) is 3.10. The van der Waals surface area contributed by atoms with E-state index in [9.17, 15) is 9.59 Å². The van der Waals surface area contributed by atoms with Crippen molar-refractivity contribution in [3.05, 3.63) is 83.4 Å². The van der Waals surface area contributed by atoms with E-state index in [-0.39, 0.29) is 24.9 Å². The number of benzene rings is 2. The molecule has 1 N–H and O–H groups in total. The lowest BCUT2D eigenvalue weighted by Crippen LogP contribution is -2.31. The number of ether oxygens (including phenoxy) is 2. The van der Waals surface area contributed by atoms with Crippen LogP contribution in [0.4, 0.5) is 5.69 Å². The number of nitrogens with zero attached hydrogens (tertiary/aromatic N) is 1. The lowest BCUT2D eigenvalue weighted by molar-refractivity contribution is -0.137. The van der Waals surface area contributed by atoms with Gasteiger partial charge in [-0.15, -0.1) is 0 Å². The Morgan fingerprint density at radius 1 is 0.967 bits per heavy atom. The Balaban J connectivity index is 1.54. The lowest BCUT2D eigenvalue weighted by atomic mass is 10.0. The third-order valence-corrected chi connectivity index (χ3v) is 5.04. The lowest BCUT2D eigenvalue weighted by Gasteiger charge is -2.13. The van der Waals surface area contributed by atoms with Gasteiger partial charge in [0.25, 0.3) is 11.8 Å². The van der Waals surface area contributed by atoms with Gasteiger partial charge in [0.2, 0.25) is 6.79 Å². The molecule has 0 bridgehead atoms. The molecule has 5 rings (SSSR count). The van der Waals surface area contributed by atoms with Crippen molar-refractivity contribution in [1.82, 2.24) is 4.90 Å². The van der Waals surface area contributed by atoms with Gasteiger partial charge in [-0.2, -0.15) is 0 Å². The molecule has 0 saturated heterocycles. The predicted octanol–water partition coefficient (Wildman–Crippen LogP) is 3.71. The number of anilines is 1. The van der Waals surface area contributed by atoms with Gasteiger partial charge >= 0.3 is 0 Å². The number of aryl methyl sites for hydroxylation is 1. The van der Waals surface area contributed by atoms with Gasteiger partial charge in [0.15, 0.2) is 11.5 Å². The molecule has 7 nitrogen and oxygen atoms in total. The number of imide groups is 1. The van der Waals surface area contributed by atoms with Crippen molar-refractivity contribution in [3.63, 3.8) is 0 Å². The van der Waals surface area contributed by atoms with Gasteiger partial charge < -0.3 is 19.2 Å². The minimum absolute atomic E-state index is 0.0619. The minimum Gasteiger partial charge on any atom is -0.467 e. The number of amides is 2. The Morgan fingerprint density at radius 2 is 1.77 bits per heavy atom. The molecule has 0 saturated carbocycles. The fourth-order valence-corrected chi connectivity index (χ4v) is 3.50. The number of furan rings is 1. The van der Waals surface area contributed by atoms with Crippen molar-refractivity contribution in [2.75, 3.05) is 12.1 Å². The van der Waals surface area contributed by atoms with Crippen LogP contribution in [0.25, 0.3) is 5.57 Å². The predicted molar refractivity (Wildman–Crippen MR) is 109 cm³/mol.